The van der Waals surface area contributed by atoms with Crippen molar-refractivity contribution in [2.75, 3.05) is 31.4 Å². The summed E-state index contributed by atoms with van der Waals surface area (Å²) < 4.78 is 23.3. The summed E-state index contributed by atoms with van der Waals surface area (Å²) in [7, 11) is 0. The largest absolute Gasteiger partial charge is 0.494 e. The van der Waals surface area contributed by atoms with Gasteiger partial charge in [0.15, 0.2) is 11.5 Å². The second kappa shape index (κ2) is 14.6. The van der Waals surface area contributed by atoms with E-state index in [1.165, 1.54) is 24.3 Å². The van der Waals surface area contributed by atoms with Crippen molar-refractivity contribution in [2.24, 2.45) is 0 Å². The fraction of sp³-hybridized carbons (Fsp3) is 0.312. The van der Waals surface area contributed by atoms with Gasteiger partial charge in [-0.15, -0.1) is 0 Å². The third-order valence-electron chi connectivity index (χ3n) is 6.18. The second-order valence-electron chi connectivity index (χ2n) is 9.19. The lowest BCUT2D eigenvalue weighted by Gasteiger charge is -2.14. The van der Waals surface area contributed by atoms with Crippen molar-refractivity contribution in [1.29, 1.82) is 0 Å². The lowest BCUT2D eigenvalue weighted by Crippen LogP contribution is -2.35. The molecule has 1 saturated heterocycles. The van der Waals surface area contributed by atoms with E-state index >= 15 is 0 Å². The minimum absolute atomic E-state index is 0.0429. The van der Waals surface area contributed by atoms with Gasteiger partial charge in [-0.25, -0.2) is 5.01 Å². The summed E-state index contributed by atoms with van der Waals surface area (Å²) >= 11 is 0. The molecule has 8 heteroatoms. The number of hydrogen-bond acceptors (Lipinski definition) is 6. The van der Waals surface area contributed by atoms with Crippen LogP contribution in [0.1, 0.15) is 45.1 Å². The number of unbranched alkanes of at least 4 members (excludes halogenated alkanes) is 3. The number of anilines is 1. The second-order valence-corrected chi connectivity index (χ2v) is 9.19. The number of carbonyl (C=O) groups excluding carboxylic acids is 2. The first-order chi connectivity index (χ1) is 19.6. The number of benzene rings is 3. The van der Waals surface area contributed by atoms with Crippen LogP contribution in [0.2, 0.25) is 0 Å². The van der Waals surface area contributed by atoms with Gasteiger partial charge in [-0.05, 0) is 73.5 Å². The monoisotopic (exact) mass is 544 g/mol. The van der Waals surface area contributed by atoms with E-state index < -0.39 is 11.8 Å². The van der Waals surface area contributed by atoms with Crippen LogP contribution in [0.15, 0.2) is 78.4 Å². The number of amides is 2. The SMILES string of the molecule is CCCCCCOc1ccc(OCCOc2ccc(C=C3C(=O)NN(c4ccccc4)C3=O)cc2OCC)cc1. The molecule has 40 heavy (non-hydrogen) atoms. The first-order valence-electron chi connectivity index (χ1n) is 13.8. The molecular formula is C32H36N2O6. The van der Waals surface area contributed by atoms with Crippen molar-refractivity contribution >= 4 is 23.6 Å². The Hall–Kier alpha value is -4.46. The molecule has 0 spiro atoms. The van der Waals surface area contributed by atoms with E-state index in [9.17, 15) is 9.59 Å². The van der Waals surface area contributed by atoms with Crippen molar-refractivity contribution in [3.63, 3.8) is 0 Å². The van der Waals surface area contributed by atoms with Crippen LogP contribution in [0.25, 0.3) is 6.08 Å². The Labute approximate surface area is 235 Å². The highest BCUT2D eigenvalue weighted by Crippen LogP contribution is 2.30. The number of carbonyl (C=O) groups is 2. The van der Waals surface area contributed by atoms with Gasteiger partial charge in [-0.2, -0.15) is 0 Å². The van der Waals surface area contributed by atoms with E-state index in [2.05, 4.69) is 12.3 Å². The normalized spacial score (nSPS) is 13.8. The number of nitrogens with zero attached hydrogens (tertiary/aromatic N) is 1. The summed E-state index contributed by atoms with van der Waals surface area (Å²) in [6, 6.07) is 21.8. The van der Waals surface area contributed by atoms with Crippen LogP contribution in [0.3, 0.4) is 0 Å². The van der Waals surface area contributed by atoms with E-state index in [0.29, 0.717) is 42.6 Å². The molecule has 3 aromatic carbocycles. The Bertz CT molecular complexity index is 1290. The van der Waals surface area contributed by atoms with Gasteiger partial charge in [0.1, 0.15) is 30.3 Å². The molecule has 0 aliphatic carbocycles. The summed E-state index contributed by atoms with van der Waals surface area (Å²) in [6.45, 7) is 5.88. The van der Waals surface area contributed by atoms with Crippen LogP contribution in [0.5, 0.6) is 23.0 Å². The molecule has 1 aliphatic heterocycles. The maximum Gasteiger partial charge on any atom is 0.282 e. The van der Waals surface area contributed by atoms with Crippen molar-refractivity contribution in [3.8, 4) is 23.0 Å². The van der Waals surface area contributed by atoms with Gasteiger partial charge in [0, 0.05) is 0 Å². The van der Waals surface area contributed by atoms with E-state index in [4.69, 9.17) is 18.9 Å². The molecule has 0 radical (unpaired) electrons. The molecular weight excluding hydrogens is 508 g/mol. The summed E-state index contributed by atoms with van der Waals surface area (Å²) in [6.07, 6.45) is 6.25. The van der Waals surface area contributed by atoms with E-state index in [-0.39, 0.29) is 5.57 Å². The molecule has 1 heterocycles. The van der Waals surface area contributed by atoms with Crippen LogP contribution in [-0.4, -0.2) is 38.2 Å². The highest BCUT2D eigenvalue weighted by atomic mass is 16.5. The van der Waals surface area contributed by atoms with Crippen molar-refractivity contribution < 1.29 is 28.5 Å². The van der Waals surface area contributed by atoms with E-state index in [1.807, 2.05) is 37.3 Å². The summed E-state index contributed by atoms with van der Waals surface area (Å²) in [4.78, 5) is 25.4. The summed E-state index contributed by atoms with van der Waals surface area (Å²) in [5.41, 5.74) is 3.89. The zero-order chi connectivity index (χ0) is 28.2. The van der Waals surface area contributed by atoms with Gasteiger partial charge in [-0.1, -0.05) is 50.5 Å². The smallest absolute Gasteiger partial charge is 0.282 e. The number of hydrogen-bond donors (Lipinski definition) is 1. The first-order valence-corrected chi connectivity index (χ1v) is 13.8. The Morgan fingerprint density at radius 2 is 1.43 bits per heavy atom. The lowest BCUT2D eigenvalue weighted by molar-refractivity contribution is -0.117. The number of para-hydroxylation sites is 1. The van der Waals surface area contributed by atoms with Gasteiger partial charge < -0.3 is 18.9 Å². The molecule has 0 unspecified atom stereocenters. The predicted molar refractivity (Wildman–Crippen MR) is 155 cm³/mol. The number of ether oxygens (including phenoxy) is 4. The number of nitrogens with one attached hydrogen (secondary N) is 1. The lowest BCUT2D eigenvalue weighted by atomic mass is 10.1. The third-order valence-corrected chi connectivity index (χ3v) is 6.18. The molecule has 210 valence electrons. The Morgan fingerprint density at radius 1 is 0.725 bits per heavy atom. The molecule has 1 N–H and O–H groups in total. The summed E-state index contributed by atoms with van der Waals surface area (Å²) in [5, 5.41) is 1.24. The highest BCUT2D eigenvalue weighted by molar-refractivity contribution is 6.31. The van der Waals surface area contributed by atoms with Crippen LogP contribution in [-0.2, 0) is 9.59 Å². The van der Waals surface area contributed by atoms with Crippen LogP contribution >= 0.6 is 0 Å². The zero-order valence-corrected chi connectivity index (χ0v) is 23.1. The predicted octanol–water partition coefficient (Wildman–Crippen LogP) is 5.96. The average molecular weight is 545 g/mol. The molecule has 3 aromatic rings. The molecule has 0 aromatic heterocycles. The number of hydrazine groups is 1. The Kier molecular flexibility index (Phi) is 10.4. The molecule has 8 nitrogen and oxygen atoms in total. The fourth-order valence-corrected chi connectivity index (χ4v) is 4.15. The van der Waals surface area contributed by atoms with Crippen LogP contribution in [0.4, 0.5) is 5.69 Å². The molecule has 2 amide bonds. The standard InChI is InChI=1S/C32H36N2O6/c1-3-5-6-10-19-38-26-14-16-27(17-15-26)39-20-21-40-29-18-13-24(23-30(29)37-4-2)22-28-31(35)33-34(32(28)36)25-11-8-7-9-12-25/h7-9,11-18,22-23H,3-6,10,19-21H2,1-2H3,(H,33,35). The highest BCUT2D eigenvalue weighted by Gasteiger charge is 2.34. The maximum absolute atomic E-state index is 12.9. The molecule has 0 bridgehead atoms. The Morgan fingerprint density at radius 3 is 2.12 bits per heavy atom. The van der Waals surface area contributed by atoms with E-state index in [0.717, 1.165) is 24.5 Å². The van der Waals surface area contributed by atoms with Crippen molar-refractivity contribution in [3.05, 3.63) is 83.9 Å². The van der Waals surface area contributed by atoms with Gasteiger partial charge >= 0.3 is 0 Å². The number of rotatable bonds is 15. The first kappa shape index (κ1) is 28.5. The van der Waals surface area contributed by atoms with E-state index in [1.54, 1.807) is 48.5 Å². The average Bonchev–Trinajstić information content (AvgIpc) is 3.26. The molecule has 1 fully saturated rings. The van der Waals surface area contributed by atoms with Crippen molar-refractivity contribution in [2.45, 2.75) is 39.5 Å². The minimum Gasteiger partial charge on any atom is -0.494 e. The van der Waals surface area contributed by atoms with Gasteiger partial charge in [0.2, 0.25) is 0 Å². The topological polar surface area (TPSA) is 86.3 Å². The summed E-state index contributed by atoms with van der Waals surface area (Å²) in [5.74, 6) is 1.75. The van der Waals surface area contributed by atoms with Gasteiger partial charge in [0.25, 0.3) is 11.8 Å². The maximum atomic E-state index is 12.9. The molecule has 0 saturated carbocycles. The fourth-order valence-electron chi connectivity index (χ4n) is 4.15. The molecule has 1 aliphatic rings. The quantitative estimate of drug-likeness (QED) is 0.144. The Balaban J connectivity index is 1.31. The molecule has 4 rings (SSSR count). The third kappa shape index (κ3) is 7.79. The zero-order valence-electron chi connectivity index (χ0n) is 23.1. The molecule has 0 atom stereocenters. The minimum atomic E-state index is -0.462. The van der Waals surface area contributed by atoms with Crippen molar-refractivity contribution in [1.82, 2.24) is 5.43 Å². The van der Waals surface area contributed by atoms with Crippen LogP contribution < -0.4 is 29.4 Å². The van der Waals surface area contributed by atoms with Gasteiger partial charge in [0.05, 0.1) is 18.9 Å². The van der Waals surface area contributed by atoms with Gasteiger partial charge in [-0.3, -0.25) is 15.0 Å². The van der Waals surface area contributed by atoms with Crippen LogP contribution in [0, 0.1) is 0 Å².